The van der Waals surface area contributed by atoms with Crippen LogP contribution < -0.4 is 10.2 Å². The fraction of sp³-hybridized carbons (Fsp3) is 0.160. The van der Waals surface area contributed by atoms with Crippen molar-refractivity contribution in [1.29, 1.82) is 0 Å². The van der Waals surface area contributed by atoms with Gasteiger partial charge in [-0.3, -0.25) is 4.79 Å². The molecule has 2 heterocycles. The molecule has 4 aromatic rings. The molecule has 3 aromatic carbocycles. The van der Waals surface area contributed by atoms with E-state index in [1.165, 1.54) is 5.56 Å². The van der Waals surface area contributed by atoms with Crippen LogP contribution in [0.5, 0.6) is 0 Å². The third kappa shape index (κ3) is 3.92. The Balaban J connectivity index is 1.46. The molecule has 0 fully saturated rings. The molecule has 0 unspecified atom stereocenters. The Hall–Kier alpha value is -3.93. The number of carbonyl (C=O) groups excluding carboxylic acids is 1. The van der Waals surface area contributed by atoms with Crippen molar-refractivity contribution in [3.63, 3.8) is 0 Å². The van der Waals surface area contributed by atoms with Crippen LogP contribution in [0.2, 0.25) is 0 Å². The summed E-state index contributed by atoms with van der Waals surface area (Å²) in [7, 11) is 0. The van der Waals surface area contributed by atoms with Crippen molar-refractivity contribution >= 4 is 23.2 Å². The first-order valence-corrected chi connectivity index (χ1v) is 10.4. The first kappa shape index (κ1) is 19.1. The number of aryl methyl sites for hydroxylation is 1. The number of aromatic nitrogens is 3. The second-order valence-corrected chi connectivity index (χ2v) is 7.70. The predicted octanol–water partition coefficient (Wildman–Crippen LogP) is 4.59. The molecule has 154 valence electrons. The van der Waals surface area contributed by atoms with E-state index in [4.69, 9.17) is 10.1 Å². The minimum Gasteiger partial charge on any atom is -0.324 e. The topological polar surface area (TPSA) is 63.1 Å². The van der Waals surface area contributed by atoms with Gasteiger partial charge >= 0.3 is 0 Å². The van der Waals surface area contributed by atoms with Crippen LogP contribution in [0.1, 0.15) is 11.1 Å². The van der Waals surface area contributed by atoms with Gasteiger partial charge in [0.05, 0.1) is 0 Å². The Morgan fingerprint density at radius 2 is 1.71 bits per heavy atom. The van der Waals surface area contributed by atoms with Crippen molar-refractivity contribution in [1.82, 2.24) is 14.8 Å². The summed E-state index contributed by atoms with van der Waals surface area (Å²) in [6.07, 6.45) is 0.958. The van der Waals surface area contributed by atoms with E-state index in [-0.39, 0.29) is 12.5 Å². The van der Waals surface area contributed by atoms with Gasteiger partial charge in [-0.15, -0.1) is 5.10 Å². The molecule has 6 heteroatoms. The Labute approximate surface area is 181 Å². The molecule has 31 heavy (non-hydrogen) atoms. The second kappa shape index (κ2) is 8.07. The number of anilines is 3. The Morgan fingerprint density at radius 1 is 0.968 bits per heavy atom. The summed E-state index contributed by atoms with van der Waals surface area (Å²) < 4.78 is 1.69. The van der Waals surface area contributed by atoms with E-state index in [1.807, 2.05) is 67.6 Å². The summed E-state index contributed by atoms with van der Waals surface area (Å²) in [5.41, 5.74) is 5.26. The third-order valence-corrected chi connectivity index (χ3v) is 5.45. The highest BCUT2D eigenvalue weighted by atomic mass is 16.2. The van der Waals surface area contributed by atoms with E-state index >= 15 is 0 Å². The SMILES string of the molecule is Cc1ccc(NC(=O)Cn2nc(N3CCc4ccccc43)nc2-c2ccccc2)cc1. The maximum atomic E-state index is 12.8. The number of fused-ring (bicyclic) bond motifs is 1. The molecule has 1 aliphatic heterocycles. The zero-order valence-electron chi connectivity index (χ0n) is 17.3. The fourth-order valence-electron chi connectivity index (χ4n) is 3.87. The fourth-order valence-corrected chi connectivity index (χ4v) is 3.87. The number of hydrogen-bond donors (Lipinski definition) is 1. The summed E-state index contributed by atoms with van der Waals surface area (Å²) in [6.45, 7) is 2.93. The smallest absolute Gasteiger partial charge is 0.249 e. The Bertz CT molecular complexity index is 1210. The van der Waals surface area contributed by atoms with Crippen LogP contribution in [0, 0.1) is 6.92 Å². The number of nitrogens with zero attached hydrogens (tertiary/aromatic N) is 4. The monoisotopic (exact) mass is 409 g/mol. The molecule has 5 rings (SSSR count). The van der Waals surface area contributed by atoms with Gasteiger partial charge in [0.25, 0.3) is 0 Å². The lowest BCUT2D eigenvalue weighted by Crippen LogP contribution is -2.21. The molecule has 0 bridgehead atoms. The average Bonchev–Trinajstić information content (AvgIpc) is 3.40. The minimum atomic E-state index is -0.140. The van der Waals surface area contributed by atoms with E-state index in [2.05, 4.69) is 28.4 Å². The highest BCUT2D eigenvalue weighted by molar-refractivity contribution is 5.90. The van der Waals surface area contributed by atoms with Gasteiger partial charge in [0.2, 0.25) is 11.9 Å². The number of carbonyl (C=O) groups is 1. The molecule has 6 nitrogen and oxygen atoms in total. The van der Waals surface area contributed by atoms with Gasteiger partial charge in [-0.1, -0.05) is 66.2 Å². The number of rotatable bonds is 5. The molecule has 1 aliphatic rings. The number of amides is 1. The van der Waals surface area contributed by atoms with Crippen molar-refractivity contribution in [2.75, 3.05) is 16.8 Å². The van der Waals surface area contributed by atoms with Crippen molar-refractivity contribution < 1.29 is 4.79 Å². The van der Waals surface area contributed by atoms with Gasteiger partial charge in [0, 0.05) is 23.5 Å². The molecule has 0 saturated heterocycles. The van der Waals surface area contributed by atoms with Crippen LogP contribution in [0.15, 0.2) is 78.9 Å². The number of hydrogen-bond acceptors (Lipinski definition) is 4. The van der Waals surface area contributed by atoms with Crippen molar-refractivity contribution in [2.24, 2.45) is 0 Å². The molecule has 0 saturated carbocycles. The number of benzene rings is 3. The van der Waals surface area contributed by atoms with Crippen molar-refractivity contribution in [3.8, 4) is 11.4 Å². The van der Waals surface area contributed by atoms with E-state index in [0.717, 1.165) is 35.5 Å². The molecule has 0 aliphatic carbocycles. The van der Waals surface area contributed by atoms with Crippen LogP contribution in [0.25, 0.3) is 11.4 Å². The summed E-state index contributed by atoms with van der Waals surface area (Å²) >= 11 is 0. The van der Waals surface area contributed by atoms with Crippen LogP contribution in [-0.4, -0.2) is 27.2 Å². The first-order chi connectivity index (χ1) is 15.2. The van der Waals surface area contributed by atoms with Gasteiger partial charge < -0.3 is 10.2 Å². The molecule has 1 amide bonds. The zero-order valence-corrected chi connectivity index (χ0v) is 17.3. The lowest BCUT2D eigenvalue weighted by Gasteiger charge is -2.14. The minimum absolute atomic E-state index is 0.0839. The highest BCUT2D eigenvalue weighted by Gasteiger charge is 2.25. The molecule has 0 radical (unpaired) electrons. The largest absolute Gasteiger partial charge is 0.324 e. The molecular weight excluding hydrogens is 386 g/mol. The molecular formula is C25H23N5O. The average molecular weight is 409 g/mol. The van der Waals surface area contributed by atoms with E-state index in [9.17, 15) is 4.79 Å². The standard InChI is InChI=1S/C25H23N5O/c1-18-11-13-21(14-12-18)26-23(31)17-30-24(20-8-3-2-4-9-20)27-25(28-30)29-16-15-19-7-5-6-10-22(19)29/h2-14H,15-17H2,1H3,(H,26,31). The maximum Gasteiger partial charge on any atom is 0.249 e. The van der Waals surface area contributed by atoms with Gasteiger partial charge in [0.1, 0.15) is 6.54 Å². The lowest BCUT2D eigenvalue weighted by molar-refractivity contribution is -0.116. The summed E-state index contributed by atoms with van der Waals surface area (Å²) in [4.78, 5) is 19.7. The molecule has 1 N–H and O–H groups in total. The Morgan fingerprint density at radius 3 is 2.52 bits per heavy atom. The summed E-state index contributed by atoms with van der Waals surface area (Å²) in [5, 5.41) is 7.68. The zero-order chi connectivity index (χ0) is 21.2. The summed E-state index contributed by atoms with van der Waals surface area (Å²) in [6, 6.07) is 25.9. The first-order valence-electron chi connectivity index (χ1n) is 10.4. The summed E-state index contributed by atoms with van der Waals surface area (Å²) in [5.74, 6) is 1.16. The number of nitrogens with one attached hydrogen (secondary N) is 1. The Kier molecular flexibility index (Phi) is 4.96. The molecule has 0 spiro atoms. The quantitative estimate of drug-likeness (QED) is 0.524. The predicted molar refractivity (Wildman–Crippen MR) is 122 cm³/mol. The van der Waals surface area contributed by atoms with Crippen LogP contribution in [-0.2, 0) is 17.8 Å². The van der Waals surface area contributed by atoms with Gasteiger partial charge in [-0.25, -0.2) is 4.68 Å². The van der Waals surface area contributed by atoms with Gasteiger partial charge in [-0.2, -0.15) is 4.98 Å². The van der Waals surface area contributed by atoms with Gasteiger partial charge in [-0.05, 0) is 37.1 Å². The number of para-hydroxylation sites is 1. The van der Waals surface area contributed by atoms with Crippen LogP contribution >= 0.6 is 0 Å². The normalized spacial score (nSPS) is 12.6. The van der Waals surface area contributed by atoms with E-state index < -0.39 is 0 Å². The maximum absolute atomic E-state index is 12.8. The van der Waals surface area contributed by atoms with Crippen molar-refractivity contribution in [2.45, 2.75) is 19.9 Å². The molecule has 1 aromatic heterocycles. The van der Waals surface area contributed by atoms with Gasteiger partial charge in [0.15, 0.2) is 5.82 Å². The highest BCUT2D eigenvalue weighted by Crippen LogP contribution is 2.33. The second-order valence-electron chi connectivity index (χ2n) is 7.70. The lowest BCUT2D eigenvalue weighted by atomic mass is 10.2. The molecule has 0 atom stereocenters. The van der Waals surface area contributed by atoms with E-state index in [0.29, 0.717) is 11.8 Å². The van der Waals surface area contributed by atoms with E-state index in [1.54, 1.807) is 4.68 Å². The van der Waals surface area contributed by atoms with Crippen LogP contribution in [0.4, 0.5) is 17.3 Å². The van der Waals surface area contributed by atoms with Crippen LogP contribution in [0.3, 0.4) is 0 Å². The van der Waals surface area contributed by atoms with Crippen molar-refractivity contribution in [3.05, 3.63) is 90.0 Å². The third-order valence-electron chi connectivity index (χ3n) is 5.45.